The molecule has 0 spiro atoms. The highest BCUT2D eigenvalue weighted by Crippen LogP contribution is 2.22. The van der Waals surface area contributed by atoms with Gasteiger partial charge < -0.3 is 12.3 Å². The molecule has 0 radical (unpaired) electrons. The van der Waals surface area contributed by atoms with Crippen molar-refractivity contribution in [3.05, 3.63) is 0 Å². The van der Waals surface area contributed by atoms with Crippen LogP contribution in [0.5, 0.6) is 0 Å². The van der Waals surface area contributed by atoms with Gasteiger partial charge >= 0.3 is 8.80 Å². The predicted octanol–water partition coefficient (Wildman–Crippen LogP) is 3.26. The van der Waals surface area contributed by atoms with Gasteiger partial charge in [-0.2, -0.15) is 0 Å². The van der Waals surface area contributed by atoms with Crippen LogP contribution in [0, 0.1) is 0 Å². The molecule has 0 aromatic carbocycles. The molecule has 16 heavy (non-hydrogen) atoms. The van der Waals surface area contributed by atoms with Gasteiger partial charge in [0.05, 0.1) is 0 Å². The topological polar surface area (TPSA) is 27.7 Å². The van der Waals surface area contributed by atoms with Gasteiger partial charge in [0.1, 0.15) is 0 Å². The van der Waals surface area contributed by atoms with Crippen LogP contribution in [-0.2, 0) is 12.3 Å². The van der Waals surface area contributed by atoms with Crippen LogP contribution in [0.2, 0.25) is 58.9 Å². The van der Waals surface area contributed by atoms with Crippen molar-refractivity contribution in [3.8, 4) is 0 Å². The second-order valence-corrected chi connectivity index (χ2v) is 21.3. The van der Waals surface area contributed by atoms with E-state index in [0.717, 1.165) is 0 Å². The van der Waals surface area contributed by atoms with Gasteiger partial charge in [-0.05, 0) is 52.4 Å². The van der Waals surface area contributed by atoms with Gasteiger partial charge in [-0.1, -0.05) is 0 Å². The van der Waals surface area contributed by atoms with Crippen molar-refractivity contribution in [3.63, 3.8) is 0 Å². The van der Waals surface area contributed by atoms with E-state index in [4.69, 9.17) is 12.3 Å². The molecule has 7 heteroatoms. The number of rotatable bonds is 6. The fraction of sp³-hybridized carbons (Fsp3) is 1.00. The molecule has 0 aliphatic rings. The molecule has 0 aliphatic heterocycles. The predicted molar refractivity (Wildman–Crippen MR) is 80.4 cm³/mol. The molecule has 0 N–H and O–H groups in total. The monoisotopic (exact) mass is 296 g/mol. The maximum Gasteiger partial charge on any atom is 0.466 e. The summed E-state index contributed by atoms with van der Waals surface area (Å²) in [5.74, 6) is 0. The number of hydrogen-bond donors (Lipinski definition) is 0. The third-order valence-electron chi connectivity index (χ3n) is 1.43. The second-order valence-electron chi connectivity index (χ2n) is 6.46. The summed E-state index contributed by atoms with van der Waals surface area (Å²) < 4.78 is 18.5. The zero-order valence-corrected chi connectivity index (χ0v) is 16.5. The highest BCUT2D eigenvalue weighted by atomic mass is 28.5. The standard InChI is InChI=1S/C9H28O3Si4/c1-13(2)10-16(9,11-14(3,4)5)12-15(6,7)8/h13H,1-9H3. The third kappa shape index (κ3) is 8.85. The number of hydrogen-bond acceptors (Lipinski definition) is 3. The van der Waals surface area contributed by atoms with E-state index in [1.54, 1.807) is 0 Å². The zero-order chi connectivity index (χ0) is 13.2. The smallest absolute Gasteiger partial charge is 0.420 e. The molecule has 0 rings (SSSR count). The van der Waals surface area contributed by atoms with Crippen molar-refractivity contribution in [2.45, 2.75) is 58.9 Å². The normalized spacial score (nSPS) is 14.6. The van der Waals surface area contributed by atoms with Crippen LogP contribution in [0.3, 0.4) is 0 Å². The van der Waals surface area contributed by atoms with Crippen molar-refractivity contribution in [1.29, 1.82) is 0 Å². The minimum atomic E-state index is -2.40. The summed E-state index contributed by atoms with van der Waals surface area (Å²) in [5.41, 5.74) is 0. The molecule has 0 aromatic heterocycles. The first-order valence-corrected chi connectivity index (χ1v) is 17.7. The lowest BCUT2D eigenvalue weighted by molar-refractivity contribution is 0.268. The Kier molecular flexibility index (Phi) is 5.85. The van der Waals surface area contributed by atoms with E-state index < -0.39 is 34.5 Å². The minimum absolute atomic E-state index is 1.12. The first kappa shape index (κ1) is 16.7. The fourth-order valence-corrected chi connectivity index (χ4v) is 15.7. The Labute approximate surface area is 106 Å². The quantitative estimate of drug-likeness (QED) is 0.704. The highest BCUT2D eigenvalue weighted by Gasteiger charge is 2.43. The maximum absolute atomic E-state index is 6.21. The van der Waals surface area contributed by atoms with Crippen molar-refractivity contribution in [2.75, 3.05) is 0 Å². The van der Waals surface area contributed by atoms with E-state index in [9.17, 15) is 0 Å². The Morgan fingerprint density at radius 1 is 0.688 bits per heavy atom. The SMILES string of the molecule is C[SiH](C)O[Si](C)(O[Si](C)(C)C)O[Si](C)(C)C. The van der Waals surface area contributed by atoms with Gasteiger partial charge in [-0.3, -0.25) is 0 Å². The van der Waals surface area contributed by atoms with Crippen LogP contribution in [0.15, 0.2) is 0 Å². The van der Waals surface area contributed by atoms with Crippen LogP contribution in [0.25, 0.3) is 0 Å². The lowest BCUT2D eigenvalue weighted by Crippen LogP contribution is -2.56. The summed E-state index contributed by atoms with van der Waals surface area (Å²) in [6.07, 6.45) is 0. The van der Waals surface area contributed by atoms with Gasteiger partial charge in [-0.15, -0.1) is 0 Å². The maximum atomic E-state index is 6.21. The van der Waals surface area contributed by atoms with E-state index in [1.807, 2.05) is 0 Å². The van der Waals surface area contributed by atoms with E-state index in [1.165, 1.54) is 0 Å². The van der Waals surface area contributed by atoms with E-state index in [0.29, 0.717) is 0 Å². The van der Waals surface area contributed by atoms with Crippen LogP contribution in [0.4, 0.5) is 0 Å². The minimum Gasteiger partial charge on any atom is -0.420 e. The Hall–Kier alpha value is 0.748. The van der Waals surface area contributed by atoms with Gasteiger partial charge in [-0.25, -0.2) is 0 Å². The lowest BCUT2D eigenvalue weighted by atomic mass is 11.8. The molecule has 0 saturated carbocycles. The van der Waals surface area contributed by atoms with Gasteiger partial charge in [0.2, 0.25) is 0 Å². The summed E-state index contributed by atoms with van der Waals surface area (Å²) in [5, 5.41) is 0. The van der Waals surface area contributed by atoms with Crippen LogP contribution >= 0.6 is 0 Å². The molecule has 0 aliphatic carbocycles. The highest BCUT2D eigenvalue weighted by molar-refractivity contribution is 6.87. The molecule has 0 bridgehead atoms. The van der Waals surface area contributed by atoms with E-state index >= 15 is 0 Å². The second kappa shape index (κ2) is 5.59. The first-order chi connectivity index (χ1) is 6.83. The largest absolute Gasteiger partial charge is 0.466 e. The molecule has 98 valence electrons. The van der Waals surface area contributed by atoms with E-state index in [2.05, 4.69) is 58.9 Å². The lowest BCUT2D eigenvalue weighted by Gasteiger charge is -2.38. The molecule has 0 aromatic rings. The molecule has 0 atom stereocenters. The Balaban J connectivity index is 4.75. The fourth-order valence-electron chi connectivity index (χ4n) is 1.61. The Morgan fingerprint density at radius 3 is 1.19 bits per heavy atom. The summed E-state index contributed by atoms with van der Waals surface area (Å²) in [6, 6.07) is 0. The summed E-state index contributed by atoms with van der Waals surface area (Å²) in [4.78, 5) is 0. The molecule has 0 saturated heterocycles. The summed E-state index contributed by atoms with van der Waals surface area (Å²) in [6.45, 7) is 19.6. The van der Waals surface area contributed by atoms with Crippen molar-refractivity contribution >= 4 is 34.5 Å². The van der Waals surface area contributed by atoms with Crippen molar-refractivity contribution in [1.82, 2.24) is 0 Å². The molecule has 0 fully saturated rings. The third-order valence-corrected chi connectivity index (χ3v) is 12.9. The molecular weight excluding hydrogens is 268 g/mol. The molecule has 3 nitrogen and oxygen atoms in total. The van der Waals surface area contributed by atoms with Crippen LogP contribution < -0.4 is 0 Å². The zero-order valence-electron chi connectivity index (χ0n) is 12.3. The summed E-state index contributed by atoms with van der Waals surface area (Å²) in [7, 11) is -6.72. The average Bonchev–Trinajstić information content (AvgIpc) is 1.69. The van der Waals surface area contributed by atoms with Gasteiger partial charge in [0, 0.05) is 6.55 Å². The van der Waals surface area contributed by atoms with Gasteiger partial charge in [0.25, 0.3) is 0 Å². The summed E-state index contributed by atoms with van der Waals surface area (Å²) >= 11 is 0. The van der Waals surface area contributed by atoms with Crippen molar-refractivity contribution < 1.29 is 12.3 Å². The Bertz CT molecular complexity index is 204. The average molecular weight is 297 g/mol. The van der Waals surface area contributed by atoms with Gasteiger partial charge in [0.15, 0.2) is 25.7 Å². The molecular formula is C9H28O3Si4. The Morgan fingerprint density at radius 2 is 1.00 bits per heavy atom. The molecule has 0 unspecified atom stereocenters. The van der Waals surface area contributed by atoms with Crippen molar-refractivity contribution in [2.24, 2.45) is 0 Å². The molecule has 0 heterocycles. The first-order valence-electron chi connectivity index (χ1n) is 5.91. The van der Waals surface area contributed by atoms with Crippen LogP contribution in [0.1, 0.15) is 0 Å². The molecule has 0 amide bonds. The van der Waals surface area contributed by atoms with Crippen LogP contribution in [-0.4, -0.2) is 34.5 Å². The van der Waals surface area contributed by atoms with E-state index in [-0.39, 0.29) is 0 Å².